The van der Waals surface area contributed by atoms with Gasteiger partial charge in [0, 0.05) is 20.0 Å². The van der Waals surface area contributed by atoms with Crippen LogP contribution in [-0.4, -0.2) is 50.3 Å². The Kier molecular flexibility index (Phi) is 6.69. The summed E-state index contributed by atoms with van der Waals surface area (Å²) in [4.78, 5) is 20.9. The minimum Gasteiger partial charge on any atom is -0.480 e. The van der Waals surface area contributed by atoms with E-state index in [1.807, 2.05) is 0 Å². The predicted molar refractivity (Wildman–Crippen MR) is 60.7 cm³/mol. The Balaban J connectivity index is 3.88. The molecule has 0 fully saturated rings. The van der Waals surface area contributed by atoms with Crippen molar-refractivity contribution in [2.24, 2.45) is 5.73 Å². The van der Waals surface area contributed by atoms with Crippen molar-refractivity contribution in [3.8, 4) is 0 Å². The highest BCUT2D eigenvalue weighted by Gasteiger charge is 2.16. The Morgan fingerprint density at radius 2 is 1.94 bits per heavy atom. The minimum atomic E-state index is -3.55. The molecule has 0 saturated heterocycles. The number of aliphatic carboxylic acids is 1. The Hall–Kier alpha value is -1.19. The molecule has 5 N–H and O–H groups in total. The fourth-order valence-corrected chi connectivity index (χ4v) is 2.04. The molecule has 100 valence electrons. The van der Waals surface area contributed by atoms with Gasteiger partial charge in [-0.3, -0.25) is 9.59 Å². The van der Waals surface area contributed by atoms with E-state index in [-0.39, 0.29) is 31.2 Å². The molecule has 0 bridgehead atoms. The van der Waals surface area contributed by atoms with Crippen molar-refractivity contribution in [3.05, 3.63) is 0 Å². The molecule has 0 spiro atoms. The number of hydrogen-bond donors (Lipinski definition) is 4. The summed E-state index contributed by atoms with van der Waals surface area (Å²) >= 11 is 0. The number of hydrogen-bond acceptors (Lipinski definition) is 5. The third kappa shape index (κ3) is 8.60. The number of nitrogens with two attached hydrogens (primary N) is 1. The van der Waals surface area contributed by atoms with Gasteiger partial charge >= 0.3 is 5.97 Å². The summed E-state index contributed by atoms with van der Waals surface area (Å²) in [6, 6.07) is -1.19. The Morgan fingerprint density at radius 3 is 2.41 bits per heavy atom. The maximum absolute atomic E-state index is 11.3. The van der Waals surface area contributed by atoms with Crippen LogP contribution >= 0.6 is 0 Å². The summed E-state index contributed by atoms with van der Waals surface area (Å²) in [7, 11) is -3.55. The maximum atomic E-state index is 11.3. The lowest BCUT2D eigenvalue weighted by Crippen LogP contribution is -2.38. The van der Waals surface area contributed by atoms with Crippen molar-refractivity contribution in [3.63, 3.8) is 0 Å². The van der Waals surface area contributed by atoms with Crippen LogP contribution < -0.4 is 15.8 Å². The molecule has 9 heteroatoms. The molecule has 1 amide bonds. The van der Waals surface area contributed by atoms with Gasteiger partial charge in [-0.1, -0.05) is 0 Å². The van der Waals surface area contributed by atoms with Gasteiger partial charge < -0.3 is 16.2 Å². The monoisotopic (exact) mass is 267 g/mol. The zero-order chi connectivity index (χ0) is 13.5. The van der Waals surface area contributed by atoms with Gasteiger partial charge in [0.15, 0.2) is 0 Å². The van der Waals surface area contributed by atoms with Crippen molar-refractivity contribution < 1.29 is 23.1 Å². The first-order chi connectivity index (χ1) is 7.74. The summed E-state index contributed by atoms with van der Waals surface area (Å²) in [5.41, 5.74) is 5.17. The van der Waals surface area contributed by atoms with Crippen molar-refractivity contribution in [2.45, 2.75) is 19.4 Å². The summed E-state index contributed by atoms with van der Waals surface area (Å²) < 4.78 is 24.9. The van der Waals surface area contributed by atoms with Crippen LogP contribution in [0, 0.1) is 0 Å². The number of rotatable bonds is 8. The zero-order valence-corrected chi connectivity index (χ0v) is 10.3. The van der Waals surface area contributed by atoms with Gasteiger partial charge in [0.05, 0.1) is 5.75 Å². The number of amides is 1. The lowest BCUT2D eigenvalue weighted by molar-refractivity contribution is -0.138. The molecule has 0 aliphatic rings. The molecule has 0 aliphatic heterocycles. The van der Waals surface area contributed by atoms with Gasteiger partial charge in [0.2, 0.25) is 15.9 Å². The summed E-state index contributed by atoms with van der Waals surface area (Å²) in [6.07, 6.45) is -0.162. The number of carbonyl (C=O) groups excluding carboxylic acids is 1. The Morgan fingerprint density at radius 1 is 1.35 bits per heavy atom. The van der Waals surface area contributed by atoms with E-state index in [4.69, 9.17) is 10.8 Å². The maximum Gasteiger partial charge on any atom is 0.320 e. The smallest absolute Gasteiger partial charge is 0.320 e. The molecule has 0 aromatic carbocycles. The standard InChI is InChI=1S/C8H17N3O5S/c1-6(12)10-3-4-11-17(15,16)5-2-7(9)8(13)14/h7,11H,2-5,9H2,1H3,(H,10,12)(H,13,14)/t7-/m0/s1. The van der Waals surface area contributed by atoms with E-state index < -0.39 is 22.0 Å². The first-order valence-electron chi connectivity index (χ1n) is 4.95. The van der Waals surface area contributed by atoms with Crippen LogP contribution in [0.25, 0.3) is 0 Å². The lowest BCUT2D eigenvalue weighted by Gasteiger charge is -2.08. The van der Waals surface area contributed by atoms with Gasteiger partial charge in [-0.05, 0) is 6.42 Å². The molecule has 1 atom stereocenters. The second kappa shape index (κ2) is 7.20. The Bertz CT molecular complexity index is 367. The van der Waals surface area contributed by atoms with E-state index in [0.717, 1.165) is 0 Å². The van der Waals surface area contributed by atoms with Crippen LogP contribution in [0.5, 0.6) is 0 Å². The Labute approximate surface area is 99.6 Å². The van der Waals surface area contributed by atoms with Crippen molar-refractivity contribution in [1.29, 1.82) is 0 Å². The number of carboxylic acids is 1. The molecule has 0 radical (unpaired) electrons. The number of carboxylic acid groups (broad SMARTS) is 1. The summed E-state index contributed by atoms with van der Waals surface area (Å²) in [5.74, 6) is -1.85. The van der Waals surface area contributed by atoms with E-state index in [9.17, 15) is 18.0 Å². The van der Waals surface area contributed by atoms with E-state index in [2.05, 4.69) is 10.0 Å². The minimum absolute atomic E-state index is 0.0597. The van der Waals surface area contributed by atoms with E-state index in [0.29, 0.717) is 0 Å². The zero-order valence-electron chi connectivity index (χ0n) is 9.47. The molecular formula is C8H17N3O5S. The van der Waals surface area contributed by atoms with Crippen LogP contribution in [0.2, 0.25) is 0 Å². The van der Waals surface area contributed by atoms with Crippen LogP contribution in [-0.2, 0) is 19.6 Å². The SMILES string of the molecule is CC(=O)NCCNS(=O)(=O)CC[C@H](N)C(=O)O. The summed E-state index contributed by atoms with van der Waals surface area (Å²) in [6.45, 7) is 1.56. The van der Waals surface area contributed by atoms with Crippen LogP contribution in [0.1, 0.15) is 13.3 Å². The van der Waals surface area contributed by atoms with Crippen molar-refractivity contribution in [2.75, 3.05) is 18.8 Å². The van der Waals surface area contributed by atoms with Crippen LogP contribution in [0.4, 0.5) is 0 Å². The largest absolute Gasteiger partial charge is 0.480 e. The van der Waals surface area contributed by atoms with E-state index in [1.165, 1.54) is 6.92 Å². The number of carbonyl (C=O) groups is 2. The lowest BCUT2D eigenvalue weighted by atomic mass is 10.2. The van der Waals surface area contributed by atoms with E-state index in [1.54, 1.807) is 0 Å². The molecule has 0 rings (SSSR count). The molecule has 0 aromatic rings. The molecule has 0 aliphatic carbocycles. The molecule has 0 saturated carbocycles. The van der Waals surface area contributed by atoms with Crippen LogP contribution in [0.3, 0.4) is 0 Å². The van der Waals surface area contributed by atoms with Gasteiger partial charge in [0.25, 0.3) is 0 Å². The van der Waals surface area contributed by atoms with Gasteiger partial charge in [-0.2, -0.15) is 0 Å². The topological polar surface area (TPSA) is 139 Å². The van der Waals surface area contributed by atoms with Crippen LogP contribution in [0.15, 0.2) is 0 Å². The quantitative estimate of drug-likeness (QED) is 0.370. The molecular weight excluding hydrogens is 250 g/mol. The molecule has 0 heterocycles. The average Bonchev–Trinajstić information content (AvgIpc) is 2.21. The van der Waals surface area contributed by atoms with Gasteiger partial charge in [0.1, 0.15) is 6.04 Å². The fourth-order valence-electron chi connectivity index (χ4n) is 0.923. The second-order valence-electron chi connectivity index (χ2n) is 3.43. The number of nitrogens with one attached hydrogen (secondary N) is 2. The fraction of sp³-hybridized carbons (Fsp3) is 0.750. The highest BCUT2D eigenvalue weighted by molar-refractivity contribution is 7.89. The van der Waals surface area contributed by atoms with E-state index >= 15 is 0 Å². The normalized spacial score (nSPS) is 13.1. The molecule has 17 heavy (non-hydrogen) atoms. The van der Waals surface area contributed by atoms with Crippen molar-refractivity contribution in [1.82, 2.24) is 10.0 Å². The van der Waals surface area contributed by atoms with Crippen molar-refractivity contribution >= 4 is 21.9 Å². The highest BCUT2D eigenvalue weighted by Crippen LogP contribution is 1.93. The number of sulfonamides is 1. The second-order valence-corrected chi connectivity index (χ2v) is 5.36. The van der Waals surface area contributed by atoms with Gasteiger partial charge in [-0.25, -0.2) is 13.1 Å². The average molecular weight is 267 g/mol. The highest BCUT2D eigenvalue weighted by atomic mass is 32.2. The third-order valence-electron chi connectivity index (χ3n) is 1.84. The van der Waals surface area contributed by atoms with Gasteiger partial charge in [-0.15, -0.1) is 0 Å². The molecule has 8 nitrogen and oxygen atoms in total. The molecule has 0 unspecified atom stereocenters. The molecule has 0 aromatic heterocycles. The first-order valence-corrected chi connectivity index (χ1v) is 6.60. The third-order valence-corrected chi connectivity index (χ3v) is 3.25. The predicted octanol–water partition coefficient (Wildman–Crippen LogP) is -2.16. The summed E-state index contributed by atoms with van der Waals surface area (Å²) in [5, 5.41) is 10.9. The first kappa shape index (κ1) is 15.8.